The normalized spacial score (nSPS) is 13.8. The minimum absolute atomic E-state index is 0.474. The maximum atomic E-state index is 9.24. The van der Waals surface area contributed by atoms with Gasteiger partial charge in [0.25, 0.3) is 0 Å². The highest BCUT2D eigenvalue weighted by Crippen LogP contribution is 2.34. The predicted molar refractivity (Wildman–Crippen MR) is 96.2 cm³/mol. The van der Waals surface area contributed by atoms with Crippen molar-refractivity contribution >= 4 is 22.4 Å². The van der Waals surface area contributed by atoms with Crippen LogP contribution in [0.4, 0.5) is 11.5 Å². The molecule has 0 saturated heterocycles. The lowest BCUT2D eigenvalue weighted by molar-refractivity contribution is 0.666. The second-order valence-corrected chi connectivity index (χ2v) is 6.60. The summed E-state index contributed by atoms with van der Waals surface area (Å²) >= 11 is 0. The molecule has 2 N–H and O–H groups in total. The van der Waals surface area contributed by atoms with Crippen LogP contribution < -0.4 is 5.32 Å². The van der Waals surface area contributed by atoms with Gasteiger partial charge in [-0.1, -0.05) is 25.3 Å². The number of hydrogen-bond acceptors (Lipinski definition) is 3. The first-order valence-corrected chi connectivity index (χ1v) is 8.55. The van der Waals surface area contributed by atoms with E-state index in [4.69, 9.17) is 0 Å². The van der Waals surface area contributed by atoms with Gasteiger partial charge in [-0.2, -0.15) is 5.26 Å². The zero-order valence-corrected chi connectivity index (χ0v) is 13.5. The number of anilines is 2. The third-order valence-electron chi connectivity index (χ3n) is 4.60. The summed E-state index contributed by atoms with van der Waals surface area (Å²) < 4.78 is 0. The predicted octanol–water partition coefficient (Wildman–Crippen LogP) is 4.91. The molecule has 0 unspecified atom stereocenters. The number of fused-ring (bicyclic) bond motifs is 1. The summed E-state index contributed by atoms with van der Waals surface area (Å²) in [6.07, 6.45) is 8.23. The van der Waals surface area contributed by atoms with E-state index in [9.17, 15) is 5.26 Å². The van der Waals surface area contributed by atoms with E-state index in [1.807, 2.05) is 24.4 Å². The third kappa shape index (κ3) is 3.41. The van der Waals surface area contributed by atoms with Crippen LogP contribution in [0.5, 0.6) is 0 Å². The number of aromatic amines is 1. The SMILES string of the molecule is N#Cc1cc(CCCC2CC2)cc(Nc2ccc3cc[nH]c3c2)n1. The summed E-state index contributed by atoms with van der Waals surface area (Å²) in [5, 5.41) is 13.8. The number of H-pyrrole nitrogens is 1. The summed E-state index contributed by atoms with van der Waals surface area (Å²) in [7, 11) is 0. The fourth-order valence-corrected chi connectivity index (χ4v) is 3.13. The first-order chi connectivity index (χ1) is 11.8. The summed E-state index contributed by atoms with van der Waals surface area (Å²) in [5.74, 6) is 1.69. The van der Waals surface area contributed by atoms with Crippen LogP contribution in [0, 0.1) is 17.2 Å². The summed E-state index contributed by atoms with van der Waals surface area (Å²) in [4.78, 5) is 7.60. The molecule has 0 radical (unpaired) electrons. The first kappa shape index (κ1) is 14.8. The minimum atomic E-state index is 0.474. The van der Waals surface area contributed by atoms with Gasteiger partial charge in [-0.05, 0) is 60.0 Å². The van der Waals surface area contributed by atoms with Crippen LogP contribution in [-0.2, 0) is 6.42 Å². The van der Waals surface area contributed by atoms with Gasteiger partial charge < -0.3 is 10.3 Å². The molecule has 4 rings (SSSR count). The Morgan fingerprint density at radius 3 is 2.96 bits per heavy atom. The van der Waals surface area contributed by atoms with Crippen LogP contribution in [-0.4, -0.2) is 9.97 Å². The van der Waals surface area contributed by atoms with E-state index in [1.54, 1.807) is 0 Å². The zero-order chi connectivity index (χ0) is 16.4. The van der Waals surface area contributed by atoms with Crippen molar-refractivity contribution in [2.75, 3.05) is 5.32 Å². The molecule has 0 amide bonds. The van der Waals surface area contributed by atoms with Crippen LogP contribution in [0.1, 0.15) is 36.9 Å². The van der Waals surface area contributed by atoms with Crippen molar-refractivity contribution in [2.24, 2.45) is 5.92 Å². The molecule has 2 heterocycles. The van der Waals surface area contributed by atoms with E-state index in [2.05, 4.69) is 39.6 Å². The number of aryl methyl sites for hydroxylation is 1. The molecule has 0 spiro atoms. The Kier molecular flexibility index (Phi) is 3.92. The van der Waals surface area contributed by atoms with E-state index in [0.717, 1.165) is 29.4 Å². The molecule has 4 heteroatoms. The Morgan fingerprint density at radius 1 is 1.21 bits per heavy atom. The van der Waals surface area contributed by atoms with Crippen molar-refractivity contribution in [2.45, 2.75) is 32.1 Å². The molecule has 0 aliphatic heterocycles. The summed E-state index contributed by atoms with van der Waals surface area (Å²) in [6, 6.07) is 14.3. The molecule has 120 valence electrons. The zero-order valence-electron chi connectivity index (χ0n) is 13.5. The van der Waals surface area contributed by atoms with Crippen LogP contribution in [0.15, 0.2) is 42.6 Å². The molecule has 1 aromatic carbocycles. The Labute approximate surface area is 141 Å². The van der Waals surface area contributed by atoms with Crippen molar-refractivity contribution in [3.63, 3.8) is 0 Å². The van der Waals surface area contributed by atoms with E-state index < -0.39 is 0 Å². The molecule has 2 aromatic heterocycles. The first-order valence-electron chi connectivity index (χ1n) is 8.55. The maximum absolute atomic E-state index is 9.24. The van der Waals surface area contributed by atoms with Crippen LogP contribution >= 0.6 is 0 Å². The molecule has 1 saturated carbocycles. The number of nitriles is 1. The van der Waals surface area contributed by atoms with Gasteiger partial charge in [0.15, 0.2) is 0 Å². The molecule has 1 aliphatic carbocycles. The quantitative estimate of drug-likeness (QED) is 0.679. The second kappa shape index (κ2) is 6.37. The Morgan fingerprint density at radius 2 is 2.12 bits per heavy atom. The van der Waals surface area contributed by atoms with Crippen LogP contribution in [0.25, 0.3) is 10.9 Å². The van der Waals surface area contributed by atoms with Crippen molar-refractivity contribution in [3.8, 4) is 6.07 Å². The number of rotatable bonds is 6. The largest absolute Gasteiger partial charge is 0.361 e. The highest BCUT2D eigenvalue weighted by Gasteiger charge is 2.20. The van der Waals surface area contributed by atoms with E-state index >= 15 is 0 Å². The number of hydrogen-bond donors (Lipinski definition) is 2. The van der Waals surface area contributed by atoms with Gasteiger partial charge in [0.1, 0.15) is 17.6 Å². The molecule has 4 nitrogen and oxygen atoms in total. The van der Waals surface area contributed by atoms with Crippen molar-refractivity contribution in [1.82, 2.24) is 9.97 Å². The van der Waals surface area contributed by atoms with Gasteiger partial charge in [0.2, 0.25) is 0 Å². The summed E-state index contributed by atoms with van der Waals surface area (Å²) in [6.45, 7) is 0. The van der Waals surface area contributed by atoms with Gasteiger partial charge >= 0.3 is 0 Å². The topological polar surface area (TPSA) is 64.5 Å². The molecule has 0 bridgehead atoms. The van der Waals surface area contributed by atoms with E-state index in [-0.39, 0.29) is 0 Å². The molecule has 1 fully saturated rings. The molecule has 1 aliphatic rings. The Hall–Kier alpha value is -2.80. The molecule has 0 atom stereocenters. The highest BCUT2D eigenvalue weighted by atomic mass is 15.0. The van der Waals surface area contributed by atoms with Gasteiger partial charge in [0.05, 0.1) is 0 Å². The van der Waals surface area contributed by atoms with Crippen LogP contribution in [0.3, 0.4) is 0 Å². The van der Waals surface area contributed by atoms with Gasteiger partial charge in [-0.25, -0.2) is 4.98 Å². The van der Waals surface area contributed by atoms with Gasteiger partial charge in [0, 0.05) is 17.4 Å². The standard InChI is InChI=1S/C20H20N4/c21-13-18-10-15(3-1-2-14-4-5-14)11-20(24-18)23-17-7-6-16-8-9-22-19(16)12-17/h6-12,14,22H,1-5H2,(H,23,24). The van der Waals surface area contributed by atoms with Gasteiger partial charge in [-0.15, -0.1) is 0 Å². The lowest BCUT2D eigenvalue weighted by Crippen LogP contribution is -1.98. The maximum Gasteiger partial charge on any atom is 0.143 e. The molecule has 3 aromatic rings. The smallest absolute Gasteiger partial charge is 0.143 e. The monoisotopic (exact) mass is 316 g/mol. The third-order valence-corrected chi connectivity index (χ3v) is 4.60. The molecular formula is C20H20N4. The lowest BCUT2D eigenvalue weighted by atomic mass is 10.1. The van der Waals surface area contributed by atoms with Crippen LogP contribution in [0.2, 0.25) is 0 Å². The van der Waals surface area contributed by atoms with E-state index in [1.165, 1.54) is 36.6 Å². The number of pyridine rings is 1. The Bertz CT molecular complexity index is 899. The number of benzene rings is 1. The van der Waals surface area contributed by atoms with E-state index in [0.29, 0.717) is 5.69 Å². The average molecular weight is 316 g/mol. The van der Waals surface area contributed by atoms with Crippen molar-refractivity contribution in [3.05, 3.63) is 53.9 Å². The number of nitrogens with one attached hydrogen (secondary N) is 2. The fourth-order valence-electron chi connectivity index (χ4n) is 3.13. The van der Waals surface area contributed by atoms with Crippen molar-refractivity contribution in [1.29, 1.82) is 5.26 Å². The highest BCUT2D eigenvalue weighted by molar-refractivity contribution is 5.83. The Balaban J connectivity index is 1.52. The summed E-state index contributed by atoms with van der Waals surface area (Å²) in [5.41, 5.74) is 3.71. The average Bonchev–Trinajstić information content (AvgIpc) is 3.30. The lowest BCUT2D eigenvalue weighted by Gasteiger charge is -2.09. The fraction of sp³-hybridized carbons (Fsp3) is 0.300. The minimum Gasteiger partial charge on any atom is -0.361 e. The van der Waals surface area contributed by atoms with Gasteiger partial charge in [-0.3, -0.25) is 0 Å². The van der Waals surface area contributed by atoms with Crippen molar-refractivity contribution < 1.29 is 0 Å². The number of aromatic nitrogens is 2. The second-order valence-electron chi connectivity index (χ2n) is 6.60. The molecule has 24 heavy (non-hydrogen) atoms. The number of nitrogens with zero attached hydrogens (tertiary/aromatic N) is 2. The molecular weight excluding hydrogens is 296 g/mol.